The van der Waals surface area contributed by atoms with Crippen molar-refractivity contribution in [3.8, 4) is 0 Å². The van der Waals surface area contributed by atoms with E-state index in [1.165, 1.54) is 38.2 Å². The minimum absolute atomic E-state index is 0.0163. The van der Waals surface area contributed by atoms with Gasteiger partial charge in [-0.25, -0.2) is 9.59 Å². The van der Waals surface area contributed by atoms with E-state index in [1.807, 2.05) is 0 Å². The molecule has 1 spiro atoms. The lowest BCUT2D eigenvalue weighted by Crippen LogP contribution is -2.89. The molecule has 2 aromatic heterocycles. The SMILES string of the molecule is CC(=O)OC[C@]12[C@H](OC(C)=O)[C@H](OC(C)=O)[C@@H]3[C@@H](OC(C)=O)[C@@]14O[C@@]3(C)COC(=O)c1cccnc1CCC(C)C(=O)O[C@@H]([C@H](OC(=O)c1ccoc1)[C@@H]2OC(C)=O)C4(C)O. The van der Waals surface area contributed by atoms with Crippen LogP contribution in [0, 0.1) is 17.3 Å². The van der Waals surface area contributed by atoms with Gasteiger partial charge in [0.15, 0.2) is 30.0 Å². The van der Waals surface area contributed by atoms with Crippen molar-refractivity contribution < 1.29 is 90.5 Å². The second-order valence-electron chi connectivity index (χ2n) is 16.1. The van der Waals surface area contributed by atoms with Crippen LogP contribution in [-0.4, -0.2) is 124 Å². The normalized spacial score (nSPS) is 35.4. The third-order valence-electron chi connectivity index (χ3n) is 11.8. The first kappa shape index (κ1) is 44.7. The highest BCUT2D eigenvalue weighted by molar-refractivity contribution is 5.91. The van der Waals surface area contributed by atoms with Crippen LogP contribution in [0.5, 0.6) is 0 Å². The highest BCUT2D eigenvalue weighted by Gasteiger charge is 2.92. The standard InChI is InChI=1S/C41H47NO19/c1-19-11-12-27-26(10-9-14-42-27)37(50)54-17-38(7)28-29(55-21(3)44)33(57-23(5)46)40(18-53-20(2)43)34(58-24(6)47)30(59-36(49)25-13-15-52-16-25)32(60-35(19)48)39(8,51)41(40,61-38)31(28)56-22(4)45/h9-10,13-16,19,28-34,51H,11-12,17-18H2,1-8H3/t19?,28-,29-,30+,31-,32+,33-,34+,38+,39?,40-,41+/m1/s1. The second-order valence-corrected chi connectivity index (χ2v) is 16.1. The maximum absolute atomic E-state index is 14.3. The molecular weight excluding hydrogens is 810 g/mol. The predicted molar refractivity (Wildman–Crippen MR) is 197 cm³/mol. The Hall–Kier alpha value is -5.89. The predicted octanol–water partition coefficient (Wildman–Crippen LogP) is 1.75. The Morgan fingerprint density at radius 2 is 1.46 bits per heavy atom. The number of ether oxygens (including phenoxy) is 9. The molecule has 20 nitrogen and oxygen atoms in total. The first-order chi connectivity index (χ1) is 28.6. The van der Waals surface area contributed by atoms with Crippen LogP contribution in [0.25, 0.3) is 0 Å². The van der Waals surface area contributed by atoms with Gasteiger partial charge in [0.2, 0.25) is 0 Å². The minimum atomic E-state index is -2.87. The van der Waals surface area contributed by atoms with Crippen molar-refractivity contribution in [3.05, 3.63) is 53.7 Å². The third kappa shape index (κ3) is 7.59. The Morgan fingerprint density at radius 1 is 0.836 bits per heavy atom. The number of esters is 8. The molecular formula is C41H47NO19. The summed E-state index contributed by atoms with van der Waals surface area (Å²) in [6.07, 6.45) is -8.59. The van der Waals surface area contributed by atoms with Crippen molar-refractivity contribution in [3.63, 3.8) is 0 Å². The van der Waals surface area contributed by atoms with Crippen LogP contribution in [-0.2, 0) is 77.8 Å². The number of hydrogen-bond donors (Lipinski definition) is 1. The number of carbonyl (C=O) groups excluding carboxylic acids is 8. The molecule has 4 bridgehead atoms. The molecule has 12 atom stereocenters. The largest absolute Gasteiger partial charge is 0.472 e. The molecule has 3 fully saturated rings. The van der Waals surface area contributed by atoms with Crippen LogP contribution in [0.3, 0.4) is 0 Å². The molecule has 6 rings (SSSR count). The number of rotatable bonds is 8. The lowest BCUT2D eigenvalue weighted by atomic mass is 9.45. The van der Waals surface area contributed by atoms with Gasteiger partial charge in [-0.2, -0.15) is 0 Å². The van der Waals surface area contributed by atoms with Gasteiger partial charge >= 0.3 is 47.8 Å². The van der Waals surface area contributed by atoms with Gasteiger partial charge < -0.3 is 52.2 Å². The molecule has 0 amide bonds. The number of hydrogen-bond acceptors (Lipinski definition) is 20. The Balaban J connectivity index is 1.77. The Bertz CT molecular complexity index is 2100. The van der Waals surface area contributed by atoms with Gasteiger partial charge in [0.25, 0.3) is 0 Å². The van der Waals surface area contributed by atoms with Crippen LogP contribution in [0.1, 0.15) is 88.2 Å². The zero-order valence-corrected chi connectivity index (χ0v) is 34.7. The number of aryl methyl sites for hydroxylation is 1. The van der Waals surface area contributed by atoms with E-state index in [0.29, 0.717) is 0 Å². The number of cyclic esters (lactones) is 1. The summed E-state index contributed by atoms with van der Waals surface area (Å²) in [5.74, 6) is -10.8. The molecule has 2 saturated carbocycles. The highest BCUT2D eigenvalue weighted by Crippen LogP contribution is 2.70. The fourth-order valence-electron chi connectivity index (χ4n) is 9.54. The van der Waals surface area contributed by atoms with Gasteiger partial charge in [0.1, 0.15) is 48.3 Å². The first-order valence-corrected chi connectivity index (χ1v) is 19.4. The van der Waals surface area contributed by atoms with Crippen molar-refractivity contribution in [2.75, 3.05) is 13.2 Å². The summed E-state index contributed by atoms with van der Waals surface area (Å²) in [5.41, 5.74) is -10.3. The lowest BCUT2D eigenvalue weighted by molar-refractivity contribution is -0.386. The van der Waals surface area contributed by atoms with Crippen molar-refractivity contribution >= 4 is 47.8 Å². The van der Waals surface area contributed by atoms with Crippen LogP contribution in [0.15, 0.2) is 41.3 Å². The van der Waals surface area contributed by atoms with E-state index in [9.17, 15) is 43.5 Å². The summed E-state index contributed by atoms with van der Waals surface area (Å²) in [5, 5.41) is 13.6. The second kappa shape index (κ2) is 16.5. The molecule has 2 aliphatic heterocycles. The molecule has 4 aliphatic rings. The van der Waals surface area contributed by atoms with Crippen molar-refractivity contribution in [1.29, 1.82) is 0 Å². The molecule has 61 heavy (non-hydrogen) atoms. The van der Waals surface area contributed by atoms with Crippen molar-refractivity contribution in [1.82, 2.24) is 4.98 Å². The quantitative estimate of drug-likeness (QED) is 0.293. The molecule has 1 saturated heterocycles. The molecule has 0 radical (unpaired) electrons. The van der Waals surface area contributed by atoms with Crippen LogP contribution in [0.2, 0.25) is 0 Å². The van der Waals surface area contributed by atoms with Crippen LogP contribution in [0.4, 0.5) is 0 Å². The van der Waals surface area contributed by atoms with E-state index in [4.69, 9.17) is 47.0 Å². The van der Waals surface area contributed by atoms with Gasteiger partial charge in [-0.15, -0.1) is 0 Å². The number of aromatic nitrogens is 1. The van der Waals surface area contributed by atoms with Crippen molar-refractivity contribution in [2.45, 2.75) is 122 Å². The number of nitrogens with zero attached hydrogens (tertiary/aromatic N) is 1. The summed E-state index contributed by atoms with van der Waals surface area (Å²) < 4.78 is 60.1. The molecule has 4 heterocycles. The number of pyridine rings is 1. The molecule has 0 aromatic carbocycles. The number of fused-ring (bicyclic) bond motifs is 5. The minimum Gasteiger partial charge on any atom is -0.472 e. The zero-order valence-electron chi connectivity index (χ0n) is 34.7. The summed E-state index contributed by atoms with van der Waals surface area (Å²) >= 11 is 0. The van der Waals surface area contributed by atoms with Gasteiger partial charge in [0.05, 0.1) is 34.9 Å². The van der Waals surface area contributed by atoms with Gasteiger partial charge in [-0.3, -0.25) is 33.8 Å². The number of furan rings is 1. The van der Waals surface area contributed by atoms with E-state index in [0.717, 1.165) is 54.1 Å². The third-order valence-corrected chi connectivity index (χ3v) is 11.8. The zero-order chi connectivity index (χ0) is 44.8. The highest BCUT2D eigenvalue weighted by atomic mass is 16.7. The molecule has 20 heteroatoms. The van der Waals surface area contributed by atoms with Gasteiger partial charge in [-0.05, 0) is 44.9 Å². The smallest absolute Gasteiger partial charge is 0.341 e. The molecule has 1 N–H and O–H groups in total. The fourth-order valence-corrected chi connectivity index (χ4v) is 9.54. The molecule has 2 aliphatic carbocycles. The van der Waals surface area contributed by atoms with E-state index in [-0.39, 0.29) is 29.7 Å². The summed E-state index contributed by atoms with van der Waals surface area (Å²) in [4.78, 5) is 113. The lowest BCUT2D eigenvalue weighted by Gasteiger charge is -2.67. The summed E-state index contributed by atoms with van der Waals surface area (Å²) in [6.45, 7) is 7.05. The van der Waals surface area contributed by atoms with Crippen molar-refractivity contribution in [2.24, 2.45) is 17.3 Å². The van der Waals surface area contributed by atoms with Crippen LogP contribution < -0.4 is 0 Å². The molecule has 2 unspecified atom stereocenters. The monoisotopic (exact) mass is 857 g/mol. The Morgan fingerprint density at radius 3 is 2.05 bits per heavy atom. The Labute approximate surface area is 348 Å². The topological polar surface area (TPSA) is 266 Å². The van der Waals surface area contributed by atoms with E-state index < -0.39 is 132 Å². The summed E-state index contributed by atoms with van der Waals surface area (Å²) in [6, 6.07) is 4.17. The molecule has 2 aromatic rings. The maximum atomic E-state index is 14.3. The van der Waals surface area contributed by atoms with Gasteiger partial charge in [-0.1, -0.05) is 6.92 Å². The van der Waals surface area contributed by atoms with E-state index in [1.54, 1.807) is 0 Å². The average molecular weight is 858 g/mol. The fraction of sp³-hybridized carbons (Fsp3) is 0.585. The van der Waals surface area contributed by atoms with E-state index >= 15 is 0 Å². The first-order valence-electron chi connectivity index (χ1n) is 19.4. The van der Waals surface area contributed by atoms with Gasteiger partial charge in [0, 0.05) is 40.8 Å². The summed E-state index contributed by atoms with van der Waals surface area (Å²) in [7, 11) is 0. The maximum Gasteiger partial charge on any atom is 0.341 e. The van der Waals surface area contributed by atoms with E-state index in [2.05, 4.69) is 4.98 Å². The molecule has 330 valence electrons. The Kier molecular flexibility index (Phi) is 12.1. The van der Waals surface area contributed by atoms with Crippen LogP contribution >= 0.6 is 0 Å². The number of aliphatic hydroxyl groups is 1. The average Bonchev–Trinajstić information content (AvgIpc) is 3.79. The number of carbonyl (C=O) groups is 8.